The average molecular weight is 1120 g/mol. The first-order valence-corrected chi connectivity index (χ1v) is 18.4. The molecule has 0 saturated heterocycles. The molecule has 0 atom stereocenters. The van der Waals surface area contributed by atoms with Crippen molar-refractivity contribution in [2.75, 3.05) is 28.7 Å². The van der Waals surface area contributed by atoms with Crippen molar-refractivity contribution in [1.82, 2.24) is 0 Å². The smallest absolute Gasteiger partial charge is 0.0459 e. The molecule has 10 N–H and O–H groups in total. The zero-order valence-electron chi connectivity index (χ0n) is 25.2. The Morgan fingerprint density at radius 3 is 0.480 bits per heavy atom. The number of nitrogen functional groups attached to an aromatic ring is 5. The van der Waals surface area contributed by atoms with Gasteiger partial charge in [0.1, 0.15) is 0 Å². The summed E-state index contributed by atoms with van der Waals surface area (Å²) in [5, 5.41) is 0. The fraction of sp³-hybridized carbons (Fsp3) is 0. The van der Waals surface area contributed by atoms with Gasteiger partial charge in [0.05, 0.1) is 0 Å². The predicted octanol–water partition coefficient (Wildman–Crippen LogP) is 12.4. The lowest BCUT2D eigenvalue weighted by atomic mass is 10.3. The molecular weight excluding hydrogens is 1090 g/mol. The van der Waals surface area contributed by atoms with E-state index >= 15 is 0 Å². The molecular formula is C30H35Br5F5N5S5. The van der Waals surface area contributed by atoms with Gasteiger partial charge in [-0.25, -0.2) is 0 Å². The number of halogens is 10. The van der Waals surface area contributed by atoms with Gasteiger partial charge in [0.25, 0.3) is 0 Å². The van der Waals surface area contributed by atoms with Gasteiger partial charge in [0.2, 0.25) is 0 Å². The molecule has 0 aromatic heterocycles. The van der Waals surface area contributed by atoms with Crippen LogP contribution in [0.5, 0.6) is 0 Å². The second-order valence-electron chi connectivity index (χ2n) is 8.53. The van der Waals surface area contributed by atoms with E-state index in [9.17, 15) is 0 Å². The van der Waals surface area contributed by atoms with Crippen LogP contribution in [-0.2, 0) is 0 Å². The highest BCUT2D eigenvalue weighted by Crippen LogP contribution is 2.24. The second-order valence-corrected chi connectivity index (χ2v) is 15.4. The van der Waals surface area contributed by atoms with Crippen molar-refractivity contribution in [3.63, 3.8) is 0 Å². The van der Waals surface area contributed by atoms with E-state index in [1.807, 2.05) is 91.0 Å². The van der Waals surface area contributed by atoms with E-state index in [1.165, 1.54) is 0 Å². The maximum absolute atomic E-state index is 5.51. The summed E-state index contributed by atoms with van der Waals surface area (Å²) < 4.78 is 4.49. The fourth-order valence-electron chi connectivity index (χ4n) is 2.58. The lowest BCUT2D eigenvalue weighted by molar-refractivity contribution is 1.11. The van der Waals surface area contributed by atoms with Crippen LogP contribution in [0.2, 0.25) is 0 Å². The number of thiol groups is 5. The van der Waals surface area contributed by atoms with E-state index in [4.69, 9.17) is 28.7 Å². The molecule has 0 aliphatic rings. The molecule has 280 valence electrons. The van der Waals surface area contributed by atoms with Crippen molar-refractivity contribution >= 4 is 171 Å². The zero-order valence-corrected chi connectivity index (χ0v) is 37.6. The molecule has 5 nitrogen and oxygen atoms in total. The van der Waals surface area contributed by atoms with Crippen LogP contribution in [0.3, 0.4) is 0 Å². The van der Waals surface area contributed by atoms with Crippen LogP contribution in [0.15, 0.2) is 138 Å². The highest BCUT2D eigenvalue weighted by atomic mass is 79.9. The Morgan fingerprint density at radius 2 is 0.400 bits per heavy atom. The van der Waals surface area contributed by atoms with E-state index < -0.39 is 0 Å². The van der Waals surface area contributed by atoms with Crippen molar-refractivity contribution in [1.29, 1.82) is 0 Å². The highest BCUT2D eigenvalue weighted by Gasteiger charge is 1.95. The minimum Gasteiger partial charge on any atom is -0.398 e. The number of anilines is 5. The first-order valence-electron chi connectivity index (χ1n) is 12.2. The summed E-state index contributed by atoms with van der Waals surface area (Å²) in [7, 11) is 0. The fourth-order valence-corrected chi connectivity index (χ4v) is 6.38. The van der Waals surface area contributed by atoms with Crippen molar-refractivity contribution in [3.05, 3.63) is 113 Å². The summed E-state index contributed by atoms with van der Waals surface area (Å²) in [5.41, 5.74) is 31.3. The molecule has 0 aliphatic carbocycles. The van der Waals surface area contributed by atoms with Crippen LogP contribution >= 0.6 is 143 Å². The second kappa shape index (κ2) is 30.4. The third kappa shape index (κ3) is 24.2. The van der Waals surface area contributed by atoms with Crippen LogP contribution < -0.4 is 28.7 Å². The largest absolute Gasteiger partial charge is 0.398 e. The molecule has 5 aromatic carbocycles. The normalized spacial score (nSPS) is 8.60. The van der Waals surface area contributed by atoms with E-state index in [0.717, 1.165) is 75.3 Å². The Kier molecular flexibility index (Phi) is 35.4. The van der Waals surface area contributed by atoms with Gasteiger partial charge in [-0.2, -0.15) is 0 Å². The average Bonchev–Trinajstić information content (AvgIpc) is 2.97. The first-order chi connectivity index (χ1) is 21.0. The molecule has 0 unspecified atom stereocenters. The predicted molar refractivity (Wildman–Crippen MR) is 242 cm³/mol. The van der Waals surface area contributed by atoms with Crippen molar-refractivity contribution in [2.45, 2.75) is 24.5 Å². The van der Waals surface area contributed by atoms with Crippen molar-refractivity contribution in [3.8, 4) is 0 Å². The molecule has 0 fully saturated rings. The van der Waals surface area contributed by atoms with Crippen LogP contribution in [0.25, 0.3) is 0 Å². The monoisotopic (exact) mass is 1110 g/mol. The van der Waals surface area contributed by atoms with Crippen molar-refractivity contribution < 1.29 is 23.5 Å². The maximum Gasteiger partial charge on any atom is 0.0459 e. The van der Waals surface area contributed by atoms with Gasteiger partial charge in [-0.05, 0) is 171 Å². The molecule has 50 heavy (non-hydrogen) atoms. The van der Waals surface area contributed by atoms with Crippen LogP contribution in [-0.4, -0.2) is 0 Å². The molecule has 0 aliphatic heterocycles. The summed E-state index contributed by atoms with van der Waals surface area (Å²) in [6.07, 6.45) is 0. The number of hydrogen-bond donors (Lipinski definition) is 10. The van der Waals surface area contributed by atoms with Gasteiger partial charge in [-0.15, -0.1) is 63.1 Å². The minimum atomic E-state index is 0. The Labute approximate surface area is 357 Å². The minimum absolute atomic E-state index is 0. The SMILES string of the molecule is F.F.F.F.F.Nc1ccc(S)cc1Br.Nc1ccc(S)cc1Br.Nc1ccc(S)cc1Br.Nc1ccc(S)cc1Br.Nc1ccc(S)cc1Br. The lowest BCUT2D eigenvalue weighted by Gasteiger charge is -1.96. The number of nitrogens with two attached hydrogens (primary N) is 5. The molecule has 0 radical (unpaired) electrons. The summed E-state index contributed by atoms with van der Waals surface area (Å²) in [6, 6.07) is 27.6. The third-order valence-corrected chi connectivity index (χ3v) is 9.74. The summed E-state index contributed by atoms with van der Waals surface area (Å²) in [5.74, 6) is 0. The standard InChI is InChI=1S/5C6H6BrNS.5FH/c5*7-5-3-4(9)1-2-6(5)8;;;;;/h5*1-3,9H,8H2;5*1H. The number of rotatable bonds is 0. The third-order valence-electron chi connectivity index (χ3n) is 4.92. The van der Waals surface area contributed by atoms with Gasteiger partial charge >= 0.3 is 0 Å². The number of benzene rings is 5. The van der Waals surface area contributed by atoms with Gasteiger partial charge in [0.15, 0.2) is 0 Å². The molecule has 5 rings (SSSR count). The summed E-state index contributed by atoms with van der Waals surface area (Å²) in [6.45, 7) is 0. The Morgan fingerprint density at radius 1 is 0.280 bits per heavy atom. The van der Waals surface area contributed by atoms with Crippen LogP contribution in [0.1, 0.15) is 0 Å². The Hall–Kier alpha value is -1.10. The highest BCUT2D eigenvalue weighted by molar-refractivity contribution is 9.11. The Bertz CT molecular complexity index is 1430. The molecule has 0 heterocycles. The van der Waals surface area contributed by atoms with E-state index in [0.29, 0.717) is 0 Å². The van der Waals surface area contributed by atoms with Gasteiger partial charge in [-0.1, -0.05) is 0 Å². The van der Waals surface area contributed by atoms with E-state index in [-0.39, 0.29) is 23.5 Å². The molecule has 0 bridgehead atoms. The maximum atomic E-state index is 5.51. The first kappa shape index (κ1) is 58.2. The molecule has 20 heteroatoms. The topological polar surface area (TPSA) is 130 Å². The molecule has 5 aromatic rings. The van der Waals surface area contributed by atoms with Gasteiger partial charge < -0.3 is 28.7 Å². The summed E-state index contributed by atoms with van der Waals surface area (Å²) in [4.78, 5) is 4.57. The quantitative estimate of drug-likeness (QED) is 0.0429. The van der Waals surface area contributed by atoms with Crippen LogP contribution in [0.4, 0.5) is 52.0 Å². The summed E-state index contributed by atoms with van der Waals surface area (Å²) >= 11 is 36.9. The van der Waals surface area contributed by atoms with E-state index in [1.54, 1.807) is 0 Å². The van der Waals surface area contributed by atoms with Crippen LogP contribution in [0, 0.1) is 0 Å². The lowest BCUT2D eigenvalue weighted by Crippen LogP contribution is -1.84. The van der Waals surface area contributed by atoms with Gasteiger partial charge in [-0.3, -0.25) is 23.5 Å². The molecule has 0 saturated carbocycles. The van der Waals surface area contributed by atoms with E-state index in [2.05, 4.69) is 143 Å². The van der Waals surface area contributed by atoms with Crippen molar-refractivity contribution in [2.24, 2.45) is 0 Å². The van der Waals surface area contributed by atoms with Gasteiger partial charge in [0, 0.05) is 75.3 Å². The zero-order chi connectivity index (χ0) is 34.3. The number of hydrogen-bond acceptors (Lipinski definition) is 10. The molecule has 0 spiro atoms. The Balaban J connectivity index is -0.000000165. The molecule has 0 amide bonds.